The highest BCUT2D eigenvalue weighted by atomic mass is 79.9. The van der Waals surface area contributed by atoms with Crippen LogP contribution in [0.3, 0.4) is 0 Å². The van der Waals surface area contributed by atoms with E-state index >= 15 is 0 Å². The first kappa shape index (κ1) is 13.3. The molecule has 2 aromatic rings. The van der Waals surface area contributed by atoms with Gasteiger partial charge in [-0.15, -0.1) is 0 Å². The maximum Gasteiger partial charge on any atom is 0.263 e. The van der Waals surface area contributed by atoms with Crippen molar-refractivity contribution in [3.8, 4) is 0 Å². The van der Waals surface area contributed by atoms with Crippen LogP contribution >= 0.6 is 27.5 Å². The highest BCUT2D eigenvalue weighted by Crippen LogP contribution is 2.26. The summed E-state index contributed by atoms with van der Waals surface area (Å²) in [7, 11) is -3.65. The Labute approximate surface area is 118 Å². The number of nitrogens with zero attached hydrogens (tertiary/aromatic N) is 1. The molecule has 1 aromatic carbocycles. The van der Waals surface area contributed by atoms with Gasteiger partial charge in [-0.25, -0.2) is 13.4 Å². The van der Waals surface area contributed by atoms with E-state index in [-0.39, 0.29) is 10.7 Å². The van der Waals surface area contributed by atoms with E-state index in [1.165, 1.54) is 24.4 Å². The lowest BCUT2D eigenvalue weighted by atomic mass is 10.4. The molecule has 2 rings (SSSR count). The summed E-state index contributed by atoms with van der Waals surface area (Å²) in [6.45, 7) is 0. The summed E-state index contributed by atoms with van der Waals surface area (Å²) < 4.78 is 27.0. The Morgan fingerprint density at radius 3 is 2.61 bits per heavy atom. The van der Waals surface area contributed by atoms with Gasteiger partial charge >= 0.3 is 0 Å². The lowest BCUT2D eigenvalue weighted by Crippen LogP contribution is -2.13. The monoisotopic (exact) mass is 346 g/mol. The lowest BCUT2D eigenvalue weighted by molar-refractivity contribution is 0.601. The predicted molar refractivity (Wildman–Crippen MR) is 74.2 cm³/mol. The Morgan fingerprint density at radius 2 is 2.00 bits per heavy atom. The molecule has 4 nitrogen and oxygen atoms in total. The van der Waals surface area contributed by atoms with Gasteiger partial charge in [-0.05, 0) is 46.3 Å². The standard InChI is InChI=1S/C11H8BrClN2O2S/c12-9-7-8(4-5-10(9)13)18(16,17)15-11-3-1-2-6-14-11/h1-7H,(H,14,15). The van der Waals surface area contributed by atoms with E-state index in [4.69, 9.17) is 11.6 Å². The molecular weight excluding hydrogens is 340 g/mol. The van der Waals surface area contributed by atoms with Crippen LogP contribution < -0.4 is 4.72 Å². The van der Waals surface area contributed by atoms with Crippen LogP contribution in [0.5, 0.6) is 0 Å². The maximum atomic E-state index is 12.1. The SMILES string of the molecule is O=S(=O)(Nc1ccccn1)c1ccc(Cl)c(Br)c1. The van der Waals surface area contributed by atoms with E-state index in [9.17, 15) is 8.42 Å². The van der Waals surface area contributed by atoms with Crippen molar-refractivity contribution in [2.24, 2.45) is 0 Å². The van der Waals surface area contributed by atoms with Gasteiger partial charge in [-0.2, -0.15) is 0 Å². The van der Waals surface area contributed by atoms with Gasteiger partial charge in [-0.3, -0.25) is 4.72 Å². The molecular formula is C11H8BrClN2O2S. The lowest BCUT2D eigenvalue weighted by Gasteiger charge is -2.07. The summed E-state index contributed by atoms with van der Waals surface area (Å²) in [6.07, 6.45) is 1.51. The second kappa shape index (κ2) is 5.26. The zero-order valence-electron chi connectivity index (χ0n) is 8.97. The molecule has 0 saturated carbocycles. The van der Waals surface area contributed by atoms with Crippen molar-refractivity contribution in [3.63, 3.8) is 0 Å². The fraction of sp³-hybridized carbons (Fsp3) is 0. The van der Waals surface area contributed by atoms with Crippen molar-refractivity contribution in [2.45, 2.75) is 4.90 Å². The molecule has 0 saturated heterocycles. The summed E-state index contributed by atoms with van der Waals surface area (Å²) in [5.74, 6) is 0.267. The first-order valence-electron chi connectivity index (χ1n) is 4.88. The molecule has 0 fully saturated rings. The Hall–Kier alpha value is -1.11. The number of halogens is 2. The van der Waals surface area contributed by atoms with Gasteiger partial charge in [0.2, 0.25) is 0 Å². The van der Waals surface area contributed by atoms with Gasteiger partial charge in [0.15, 0.2) is 0 Å². The first-order chi connectivity index (χ1) is 8.49. The Morgan fingerprint density at radius 1 is 1.22 bits per heavy atom. The molecule has 0 radical (unpaired) electrons. The number of hydrogen-bond donors (Lipinski definition) is 1. The van der Waals surface area contributed by atoms with Gasteiger partial charge in [0.25, 0.3) is 10.0 Å². The minimum absolute atomic E-state index is 0.115. The third-order valence-electron chi connectivity index (χ3n) is 2.11. The molecule has 0 amide bonds. The molecule has 1 N–H and O–H groups in total. The molecule has 1 aromatic heterocycles. The van der Waals surface area contributed by atoms with Gasteiger partial charge in [0, 0.05) is 10.7 Å². The molecule has 1 heterocycles. The zero-order chi connectivity index (χ0) is 13.2. The van der Waals surface area contributed by atoms with Crippen molar-refractivity contribution in [1.82, 2.24) is 4.98 Å². The molecule has 0 aliphatic carbocycles. The number of aromatic nitrogens is 1. The number of hydrogen-bond acceptors (Lipinski definition) is 3. The average molecular weight is 348 g/mol. The summed E-state index contributed by atoms with van der Waals surface area (Å²) >= 11 is 9.00. The third kappa shape index (κ3) is 3.01. The van der Waals surface area contributed by atoms with Crippen molar-refractivity contribution < 1.29 is 8.42 Å². The zero-order valence-corrected chi connectivity index (χ0v) is 12.1. The fourth-order valence-corrected chi connectivity index (χ4v) is 2.95. The number of rotatable bonds is 3. The minimum Gasteiger partial charge on any atom is -0.263 e. The van der Waals surface area contributed by atoms with Gasteiger partial charge in [-0.1, -0.05) is 17.7 Å². The van der Waals surface area contributed by atoms with E-state index in [2.05, 4.69) is 25.6 Å². The first-order valence-corrected chi connectivity index (χ1v) is 7.53. The topological polar surface area (TPSA) is 59.1 Å². The molecule has 0 bridgehead atoms. The van der Waals surface area contributed by atoms with Crippen LogP contribution in [0.25, 0.3) is 0 Å². The average Bonchev–Trinajstić information content (AvgIpc) is 2.33. The van der Waals surface area contributed by atoms with Crippen LogP contribution in [-0.4, -0.2) is 13.4 Å². The molecule has 0 unspecified atom stereocenters. The number of benzene rings is 1. The smallest absolute Gasteiger partial charge is 0.263 e. The second-order valence-electron chi connectivity index (χ2n) is 3.40. The molecule has 0 aliphatic rings. The predicted octanol–water partition coefficient (Wildman–Crippen LogP) is 3.30. The molecule has 18 heavy (non-hydrogen) atoms. The van der Waals surface area contributed by atoms with Crippen LogP contribution in [0.15, 0.2) is 52.0 Å². The summed E-state index contributed by atoms with van der Waals surface area (Å²) in [5, 5.41) is 0.451. The highest BCUT2D eigenvalue weighted by molar-refractivity contribution is 9.10. The number of sulfonamides is 1. The van der Waals surface area contributed by atoms with Crippen molar-refractivity contribution in [2.75, 3.05) is 4.72 Å². The Kier molecular flexibility index (Phi) is 3.89. The van der Waals surface area contributed by atoms with E-state index < -0.39 is 10.0 Å². The number of nitrogens with one attached hydrogen (secondary N) is 1. The highest BCUT2D eigenvalue weighted by Gasteiger charge is 2.15. The van der Waals surface area contributed by atoms with Crippen LogP contribution in [0.2, 0.25) is 5.02 Å². The Bertz CT molecular complexity index is 662. The van der Waals surface area contributed by atoms with E-state index in [1.54, 1.807) is 18.2 Å². The summed E-state index contributed by atoms with van der Waals surface area (Å²) in [5.41, 5.74) is 0. The normalized spacial score (nSPS) is 11.2. The van der Waals surface area contributed by atoms with Gasteiger partial charge < -0.3 is 0 Å². The quantitative estimate of drug-likeness (QED) is 0.927. The van der Waals surface area contributed by atoms with Gasteiger partial charge in [0.05, 0.1) is 9.92 Å². The van der Waals surface area contributed by atoms with Crippen molar-refractivity contribution >= 4 is 43.4 Å². The minimum atomic E-state index is -3.65. The summed E-state index contributed by atoms with van der Waals surface area (Å²) in [4.78, 5) is 4.02. The van der Waals surface area contributed by atoms with E-state index in [0.717, 1.165) is 0 Å². The van der Waals surface area contributed by atoms with Crippen molar-refractivity contribution in [1.29, 1.82) is 0 Å². The van der Waals surface area contributed by atoms with E-state index in [0.29, 0.717) is 9.50 Å². The van der Waals surface area contributed by atoms with Gasteiger partial charge in [0.1, 0.15) is 5.82 Å². The molecule has 0 atom stereocenters. The number of anilines is 1. The summed E-state index contributed by atoms with van der Waals surface area (Å²) in [6, 6.07) is 9.35. The second-order valence-corrected chi connectivity index (χ2v) is 6.34. The number of pyridine rings is 1. The maximum absolute atomic E-state index is 12.1. The molecule has 0 aliphatic heterocycles. The third-order valence-corrected chi connectivity index (χ3v) is 4.67. The van der Waals surface area contributed by atoms with Crippen LogP contribution in [0, 0.1) is 0 Å². The molecule has 7 heteroatoms. The molecule has 0 spiro atoms. The van der Waals surface area contributed by atoms with Crippen LogP contribution in [0.1, 0.15) is 0 Å². The van der Waals surface area contributed by atoms with Crippen LogP contribution in [-0.2, 0) is 10.0 Å². The van der Waals surface area contributed by atoms with Crippen LogP contribution in [0.4, 0.5) is 5.82 Å². The van der Waals surface area contributed by atoms with E-state index in [1.807, 2.05) is 0 Å². The molecule has 94 valence electrons. The van der Waals surface area contributed by atoms with Crippen molar-refractivity contribution in [3.05, 3.63) is 52.1 Å². The Balaban J connectivity index is 2.34. The fourth-order valence-electron chi connectivity index (χ4n) is 1.26. The largest absolute Gasteiger partial charge is 0.263 e.